The fourth-order valence-corrected chi connectivity index (χ4v) is 2.22. The van der Waals surface area contributed by atoms with Crippen LogP contribution in [0.5, 0.6) is 0 Å². The summed E-state index contributed by atoms with van der Waals surface area (Å²) in [6, 6.07) is 8.17. The van der Waals surface area contributed by atoms with E-state index in [1.807, 2.05) is 48.2 Å². The fourth-order valence-electron chi connectivity index (χ4n) is 2.22. The van der Waals surface area contributed by atoms with Gasteiger partial charge >= 0.3 is 0 Å². The van der Waals surface area contributed by atoms with Crippen molar-refractivity contribution in [3.8, 4) is 0 Å². The molecule has 4 heteroatoms. The van der Waals surface area contributed by atoms with Crippen LogP contribution in [0, 0.1) is 0 Å². The fraction of sp³-hybridized carbons (Fsp3) is 0.500. The highest BCUT2D eigenvalue weighted by atomic mass is 16.2. The molecule has 1 aliphatic rings. The molecule has 0 bridgehead atoms. The molecule has 0 aromatic heterocycles. The van der Waals surface area contributed by atoms with Crippen molar-refractivity contribution in [3.05, 3.63) is 29.8 Å². The molecule has 0 aliphatic carbocycles. The van der Waals surface area contributed by atoms with Crippen LogP contribution >= 0.6 is 0 Å². The number of hydrogen-bond acceptors (Lipinski definition) is 3. The van der Waals surface area contributed by atoms with E-state index in [0.717, 1.165) is 30.9 Å². The predicted molar refractivity (Wildman–Crippen MR) is 74.1 cm³/mol. The molecule has 1 amide bonds. The Bertz CT molecular complexity index is 431. The van der Waals surface area contributed by atoms with E-state index in [4.69, 9.17) is 0 Å². The molecule has 1 saturated heterocycles. The number of amides is 1. The Hall–Kier alpha value is -1.55. The largest absolute Gasteiger partial charge is 0.378 e. The number of benzene rings is 1. The zero-order valence-corrected chi connectivity index (χ0v) is 11.3. The molecule has 4 nitrogen and oxygen atoms in total. The second-order valence-corrected chi connectivity index (χ2v) is 5.05. The van der Waals surface area contributed by atoms with Crippen molar-refractivity contribution in [2.24, 2.45) is 0 Å². The molecule has 0 spiro atoms. The van der Waals surface area contributed by atoms with Crippen molar-refractivity contribution in [2.75, 3.05) is 38.6 Å². The Morgan fingerprint density at radius 1 is 1.44 bits per heavy atom. The lowest BCUT2D eigenvalue weighted by Gasteiger charge is -2.32. The van der Waals surface area contributed by atoms with E-state index in [2.05, 4.69) is 12.2 Å². The van der Waals surface area contributed by atoms with Gasteiger partial charge in [0.2, 0.25) is 0 Å². The molecular weight excluding hydrogens is 226 g/mol. The van der Waals surface area contributed by atoms with Crippen molar-refractivity contribution < 1.29 is 4.79 Å². The summed E-state index contributed by atoms with van der Waals surface area (Å²) in [6.45, 7) is 4.55. The zero-order valence-electron chi connectivity index (χ0n) is 11.3. The van der Waals surface area contributed by atoms with Crippen LogP contribution in [0.2, 0.25) is 0 Å². The molecule has 1 aromatic rings. The van der Waals surface area contributed by atoms with Crippen LogP contribution in [-0.4, -0.2) is 50.6 Å². The van der Waals surface area contributed by atoms with Crippen LogP contribution in [0.15, 0.2) is 24.3 Å². The topological polar surface area (TPSA) is 35.6 Å². The van der Waals surface area contributed by atoms with Crippen LogP contribution in [0.25, 0.3) is 0 Å². The van der Waals surface area contributed by atoms with Gasteiger partial charge < -0.3 is 15.1 Å². The van der Waals surface area contributed by atoms with Gasteiger partial charge in [-0.05, 0) is 25.1 Å². The summed E-state index contributed by atoms with van der Waals surface area (Å²) in [7, 11) is 3.97. The number of carbonyl (C=O) groups is 1. The van der Waals surface area contributed by atoms with E-state index in [1.165, 1.54) is 0 Å². The summed E-state index contributed by atoms with van der Waals surface area (Å²) in [5.74, 6) is 0.132. The van der Waals surface area contributed by atoms with Gasteiger partial charge in [-0.15, -0.1) is 0 Å². The third-order valence-electron chi connectivity index (χ3n) is 3.27. The van der Waals surface area contributed by atoms with Crippen molar-refractivity contribution in [2.45, 2.75) is 13.0 Å². The molecule has 1 aliphatic heterocycles. The maximum atomic E-state index is 12.4. The van der Waals surface area contributed by atoms with Crippen molar-refractivity contribution in [1.82, 2.24) is 10.2 Å². The quantitative estimate of drug-likeness (QED) is 0.852. The van der Waals surface area contributed by atoms with E-state index < -0.39 is 0 Å². The van der Waals surface area contributed by atoms with Gasteiger partial charge in [-0.3, -0.25) is 4.79 Å². The SMILES string of the molecule is C[C@H]1CN(C(=O)c2cccc(N(C)C)c2)CCN1. The second-order valence-electron chi connectivity index (χ2n) is 5.05. The van der Waals surface area contributed by atoms with Gasteiger partial charge in [-0.25, -0.2) is 0 Å². The number of carbonyl (C=O) groups excluding carboxylic acids is 1. The molecule has 1 N–H and O–H groups in total. The zero-order chi connectivity index (χ0) is 13.1. The molecule has 1 aromatic carbocycles. The maximum Gasteiger partial charge on any atom is 0.254 e. The van der Waals surface area contributed by atoms with Gasteiger partial charge in [0.1, 0.15) is 0 Å². The van der Waals surface area contributed by atoms with Crippen LogP contribution in [0.3, 0.4) is 0 Å². The summed E-state index contributed by atoms with van der Waals surface area (Å²) < 4.78 is 0. The highest BCUT2D eigenvalue weighted by molar-refractivity contribution is 5.95. The molecule has 0 saturated carbocycles. The first-order chi connectivity index (χ1) is 8.58. The lowest BCUT2D eigenvalue weighted by molar-refractivity contribution is 0.0709. The number of piperazine rings is 1. The minimum absolute atomic E-state index is 0.132. The monoisotopic (exact) mass is 247 g/mol. The van der Waals surface area contributed by atoms with E-state index >= 15 is 0 Å². The van der Waals surface area contributed by atoms with Gasteiger partial charge in [0, 0.05) is 51.0 Å². The van der Waals surface area contributed by atoms with Crippen molar-refractivity contribution in [1.29, 1.82) is 0 Å². The number of rotatable bonds is 2. The maximum absolute atomic E-state index is 12.4. The third kappa shape index (κ3) is 2.82. The van der Waals surface area contributed by atoms with E-state index in [0.29, 0.717) is 6.04 Å². The molecule has 18 heavy (non-hydrogen) atoms. The molecule has 2 rings (SSSR count). The smallest absolute Gasteiger partial charge is 0.254 e. The highest BCUT2D eigenvalue weighted by Crippen LogP contribution is 2.15. The first-order valence-electron chi connectivity index (χ1n) is 6.38. The van der Waals surface area contributed by atoms with E-state index in [-0.39, 0.29) is 5.91 Å². The van der Waals surface area contributed by atoms with Crippen molar-refractivity contribution in [3.63, 3.8) is 0 Å². The summed E-state index contributed by atoms with van der Waals surface area (Å²) in [5, 5.41) is 3.35. The Morgan fingerprint density at radius 3 is 2.89 bits per heavy atom. The third-order valence-corrected chi connectivity index (χ3v) is 3.27. The average Bonchev–Trinajstić information content (AvgIpc) is 2.38. The molecule has 0 radical (unpaired) electrons. The van der Waals surface area contributed by atoms with Crippen LogP contribution in [-0.2, 0) is 0 Å². The van der Waals surface area contributed by atoms with E-state index in [1.54, 1.807) is 0 Å². The summed E-state index contributed by atoms with van der Waals surface area (Å²) in [5.41, 5.74) is 1.83. The molecule has 1 fully saturated rings. The van der Waals surface area contributed by atoms with Gasteiger partial charge in [0.05, 0.1) is 0 Å². The number of anilines is 1. The average molecular weight is 247 g/mol. The number of nitrogens with one attached hydrogen (secondary N) is 1. The Kier molecular flexibility index (Phi) is 3.87. The van der Waals surface area contributed by atoms with Gasteiger partial charge in [0.15, 0.2) is 0 Å². The van der Waals surface area contributed by atoms with E-state index in [9.17, 15) is 4.79 Å². The summed E-state index contributed by atoms with van der Waals surface area (Å²) in [4.78, 5) is 16.3. The van der Waals surface area contributed by atoms with Crippen molar-refractivity contribution >= 4 is 11.6 Å². The molecule has 0 unspecified atom stereocenters. The van der Waals surface area contributed by atoms with Crippen LogP contribution in [0.4, 0.5) is 5.69 Å². The Morgan fingerprint density at radius 2 is 2.22 bits per heavy atom. The standard InChI is InChI=1S/C14H21N3O/c1-11-10-17(8-7-15-11)14(18)12-5-4-6-13(9-12)16(2)3/h4-6,9,11,15H,7-8,10H2,1-3H3/t11-/m0/s1. The highest BCUT2D eigenvalue weighted by Gasteiger charge is 2.21. The number of hydrogen-bond donors (Lipinski definition) is 1. The lowest BCUT2D eigenvalue weighted by atomic mass is 10.1. The summed E-state index contributed by atoms with van der Waals surface area (Å²) in [6.07, 6.45) is 0. The first kappa shape index (κ1) is 12.9. The van der Waals surface area contributed by atoms with Gasteiger partial charge in [0.25, 0.3) is 5.91 Å². The minimum atomic E-state index is 0.132. The Balaban J connectivity index is 2.15. The molecule has 98 valence electrons. The lowest BCUT2D eigenvalue weighted by Crippen LogP contribution is -2.51. The first-order valence-corrected chi connectivity index (χ1v) is 6.38. The van der Waals surface area contributed by atoms with Gasteiger partial charge in [-0.1, -0.05) is 6.07 Å². The Labute approximate surface area is 109 Å². The summed E-state index contributed by atoms with van der Waals surface area (Å²) >= 11 is 0. The number of nitrogens with zero attached hydrogens (tertiary/aromatic N) is 2. The molecule has 1 atom stereocenters. The molecular formula is C14H21N3O. The normalized spacial score (nSPS) is 19.7. The van der Waals surface area contributed by atoms with Crippen LogP contribution < -0.4 is 10.2 Å². The van der Waals surface area contributed by atoms with Gasteiger partial charge in [-0.2, -0.15) is 0 Å². The second kappa shape index (κ2) is 5.40. The predicted octanol–water partition coefficient (Wildman–Crippen LogP) is 1.19. The molecule has 1 heterocycles. The van der Waals surface area contributed by atoms with Crippen LogP contribution in [0.1, 0.15) is 17.3 Å². The minimum Gasteiger partial charge on any atom is -0.378 e.